The number of amides is 2. The highest BCUT2D eigenvalue weighted by Gasteiger charge is 2.10. The van der Waals surface area contributed by atoms with Crippen LogP contribution in [0.4, 0.5) is 10.6 Å². The number of thiazole rings is 1. The van der Waals surface area contributed by atoms with Crippen LogP contribution in [-0.2, 0) is 12.8 Å². The summed E-state index contributed by atoms with van der Waals surface area (Å²) in [5.41, 5.74) is 2.17. The van der Waals surface area contributed by atoms with Gasteiger partial charge in [-0.1, -0.05) is 6.92 Å². The monoisotopic (exact) mass is 356 g/mol. The van der Waals surface area contributed by atoms with E-state index < -0.39 is 0 Å². The fourth-order valence-electron chi connectivity index (χ4n) is 2.29. The molecule has 3 rings (SSSR count). The topological polar surface area (TPSA) is 84.7 Å². The second kappa shape index (κ2) is 7.89. The second-order valence-corrected chi connectivity index (χ2v) is 6.48. The van der Waals surface area contributed by atoms with Gasteiger partial charge in [-0.15, -0.1) is 11.3 Å². The standard InChI is InChI=1S/C17H20N6OS/c1-3-13-11-25-16(21-13)6-8-19-17(24)22-14-5-9-20-23(14)15-10-12(2)4-7-18-15/h4-5,7,9-11H,3,6,8H2,1-2H3,(H2,19,22,24). The minimum Gasteiger partial charge on any atom is -0.337 e. The van der Waals surface area contributed by atoms with Crippen LogP contribution in [0.2, 0.25) is 0 Å². The van der Waals surface area contributed by atoms with Crippen molar-refractivity contribution < 1.29 is 4.79 Å². The molecule has 0 aliphatic rings. The molecule has 0 spiro atoms. The van der Waals surface area contributed by atoms with E-state index in [0.29, 0.717) is 18.2 Å². The van der Waals surface area contributed by atoms with Gasteiger partial charge in [0.25, 0.3) is 0 Å². The summed E-state index contributed by atoms with van der Waals surface area (Å²) in [4.78, 5) is 20.9. The molecule has 0 aliphatic heterocycles. The third kappa shape index (κ3) is 4.42. The number of urea groups is 1. The number of hydrogen-bond acceptors (Lipinski definition) is 5. The van der Waals surface area contributed by atoms with E-state index in [1.807, 2.05) is 19.1 Å². The Hall–Kier alpha value is -2.74. The summed E-state index contributed by atoms with van der Waals surface area (Å²) >= 11 is 1.63. The average Bonchev–Trinajstić information content (AvgIpc) is 3.24. The van der Waals surface area contributed by atoms with Crippen LogP contribution in [-0.4, -0.2) is 32.3 Å². The van der Waals surface area contributed by atoms with Crippen LogP contribution < -0.4 is 10.6 Å². The van der Waals surface area contributed by atoms with Crippen molar-refractivity contribution in [2.24, 2.45) is 0 Å². The molecular formula is C17H20N6OS. The molecule has 0 bridgehead atoms. The zero-order valence-electron chi connectivity index (χ0n) is 14.2. The lowest BCUT2D eigenvalue weighted by Crippen LogP contribution is -2.31. The minimum atomic E-state index is -0.276. The lowest BCUT2D eigenvalue weighted by molar-refractivity contribution is 0.252. The number of anilines is 1. The van der Waals surface area contributed by atoms with Crippen molar-refractivity contribution in [1.82, 2.24) is 25.1 Å². The van der Waals surface area contributed by atoms with Crippen molar-refractivity contribution in [3.05, 3.63) is 52.2 Å². The predicted octanol–water partition coefficient (Wildman–Crippen LogP) is 2.96. The van der Waals surface area contributed by atoms with Crippen molar-refractivity contribution in [3.8, 4) is 5.82 Å². The molecule has 3 aromatic rings. The van der Waals surface area contributed by atoms with Crippen LogP contribution in [0.25, 0.3) is 5.82 Å². The van der Waals surface area contributed by atoms with Crippen molar-refractivity contribution in [3.63, 3.8) is 0 Å². The summed E-state index contributed by atoms with van der Waals surface area (Å²) in [6, 6.07) is 5.28. The summed E-state index contributed by atoms with van der Waals surface area (Å²) in [6.45, 7) is 4.59. The highest BCUT2D eigenvalue weighted by molar-refractivity contribution is 7.09. The summed E-state index contributed by atoms with van der Waals surface area (Å²) in [5, 5.41) is 13.0. The molecule has 3 aromatic heterocycles. The van der Waals surface area contributed by atoms with Gasteiger partial charge < -0.3 is 5.32 Å². The van der Waals surface area contributed by atoms with Crippen LogP contribution in [0.1, 0.15) is 23.2 Å². The number of nitrogens with zero attached hydrogens (tertiary/aromatic N) is 4. The first-order valence-corrected chi connectivity index (χ1v) is 8.99. The van der Waals surface area contributed by atoms with E-state index in [1.54, 1.807) is 34.5 Å². The molecule has 0 saturated carbocycles. The van der Waals surface area contributed by atoms with E-state index >= 15 is 0 Å². The number of carbonyl (C=O) groups is 1. The molecule has 2 N–H and O–H groups in total. The van der Waals surface area contributed by atoms with Crippen molar-refractivity contribution >= 4 is 23.2 Å². The molecule has 130 valence electrons. The number of hydrogen-bond donors (Lipinski definition) is 2. The van der Waals surface area contributed by atoms with E-state index in [4.69, 9.17) is 0 Å². The zero-order chi connectivity index (χ0) is 17.6. The first-order valence-electron chi connectivity index (χ1n) is 8.11. The van der Waals surface area contributed by atoms with E-state index in [2.05, 4.69) is 38.0 Å². The molecule has 0 aromatic carbocycles. The van der Waals surface area contributed by atoms with E-state index in [-0.39, 0.29) is 6.03 Å². The highest BCUT2D eigenvalue weighted by Crippen LogP contribution is 2.14. The number of nitrogens with one attached hydrogen (secondary N) is 2. The molecule has 2 amide bonds. The molecule has 0 aliphatic carbocycles. The van der Waals surface area contributed by atoms with E-state index in [0.717, 1.165) is 29.1 Å². The number of carbonyl (C=O) groups excluding carboxylic acids is 1. The first-order chi connectivity index (χ1) is 12.2. The fraction of sp³-hybridized carbons (Fsp3) is 0.294. The Kier molecular flexibility index (Phi) is 5.39. The smallest absolute Gasteiger partial charge is 0.320 e. The first kappa shape index (κ1) is 17.1. The largest absolute Gasteiger partial charge is 0.337 e. The lowest BCUT2D eigenvalue weighted by Gasteiger charge is -2.09. The summed E-state index contributed by atoms with van der Waals surface area (Å²) in [5.74, 6) is 1.23. The summed E-state index contributed by atoms with van der Waals surface area (Å²) in [7, 11) is 0. The number of aromatic nitrogens is 4. The van der Waals surface area contributed by atoms with Crippen LogP contribution >= 0.6 is 11.3 Å². The van der Waals surface area contributed by atoms with Gasteiger partial charge in [0.05, 0.1) is 16.9 Å². The van der Waals surface area contributed by atoms with Crippen molar-refractivity contribution in [2.45, 2.75) is 26.7 Å². The lowest BCUT2D eigenvalue weighted by atomic mass is 10.3. The molecule has 0 unspecified atom stereocenters. The minimum absolute atomic E-state index is 0.276. The maximum atomic E-state index is 12.1. The Morgan fingerprint density at radius 1 is 1.32 bits per heavy atom. The molecule has 0 fully saturated rings. The fourth-order valence-corrected chi connectivity index (χ4v) is 3.17. The number of pyridine rings is 1. The summed E-state index contributed by atoms with van der Waals surface area (Å²) in [6.07, 6.45) is 4.99. The van der Waals surface area contributed by atoms with Gasteiger partial charge >= 0.3 is 6.03 Å². The Bertz CT molecular complexity index is 856. The highest BCUT2D eigenvalue weighted by atomic mass is 32.1. The van der Waals surface area contributed by atoms with Gasteiger partial charge in [-0.05, 0) is 31.0 Å². The second-order valence-electron chi connectivity index (χ2n) is 5.54. The van der Waals surface area contributed by atoms with E-state index in [9.17, 15) is 4.79 Å². The molecule has 0 saturated heterocycles. The maximum absolute atomic E-state index is 12.1. The van der Waals surface area contributed by atoms with Crippen LogP contribution in [0.15, 0.2) is 36.0 Å². The van der Waals surface area contributed by atoms with Crippen molar-refractivity contribution in [1.29, 1.82) is 0 Å². The Balaban J connectivity index is 1.56. The molecule has 0 atom stereocenters. The van der Waals surface area contributed by atoms with Gasteiger partial charge in [0.1, 0.15) is 5.82 Å². The zero-order valence-corrected chi connectivity index (χ0v) is 15.0. The Morgan fingerprint density at radius 3 is 2.96 bits per heavy atom. The van der Waals surface area contributed by atoms with Crippen molar-refractivity contribution in [2.75, 3.05) is 11.9 Å². The van der Waals surface area contributed by atoms with Crippen LogP contribution in [0.5, 0.6) is 0 Å². The van der Waals surface area contributed by atoms with Gasteiger partial charge in [-0.2, -0.15) is 9.78 Å². The molecule has 8 heteroatoms. The number of rotatable bonds is 6. The normalized spacial score (nSPS) is 10.6. The average molecular weight is 356 g/mol. The van der Waals surface area contributed by atoms with E-state index in [1.165, 1.54) is 0 Å². The van der Waals surface area contributed by atoms with Gasteiger partial charge in [-0.3, -0.25) is 5.32 Å². The molecule has 0 radical (unpaired) electrons. The predicted molar refractivity (Wildman–Crippen MR) is 98.3 cm³/mol. The quantitative estimate of drug-likeness (QED) is 0.711. The number of aryl methyl sites for hydroxylation is 2. The van der Waals surface area contributed by atoms with Gasteiger partial charge in [0.15, 0.2) is 5.82 Å². The molecular weight excluding hydrogens is 336 g/mol. The third-order valence-electron chi connectivity index (χ3n) is 3.59. The Morgan fingerprint density at radius 2 is 2.20 bits per heavy atom. The SMILES string of the molecule is CCc1csc(CCNC(=O)Nc2ccnn2-c2cc(C)ccn2)n1. The molecule has 25 heavy (non-hydrogen) atoms. The van der Waals surface area contributed by atoms with Crippen LogP contribution in [0.3, 0.4) is 0 Å². The maximum Gasteiger partial charge on any atom is 0.320 e. The molecule has 7 nitrogen and oxygen atoms in total. The van der Waals surface area contributed by atoms with Gasteiger partial charge in [-0.25, -0.2) is 14.8 Å². The third-order valence-corrected chi connectivity index (χ3v) is 4.55. The van der Waals surface area contributed by atoms with Gasteiger partial charge in [0, 0.05) is 30.6 Å². The summed E-state index contributed by atoms with van der Waals surface area (Å²) < 4.78 is 1.60. The van der Waals surface area contributed by atoms with Crippen LogP contribution in [0, 0.1) is 6.92 Å². The Labute approximate surface area is 150 Å². The van der Waals surface area contributed by atoms with Gasteiger partial charge in [0.2, 0.25) is 0 Å². The molecule has 3 heterocycles.